The van der Waals surface area contributed by atoms with Crippen LogP contribution in [0.5, 0.6) is 5.75 Å². The number of fused-ring (bicyclic) bond motifs is 1. The van der Waals surface area contributed by atoms with Crippen molar-refractivity contribution in [1.29, 1.82) is 0 Å². The number of nitrogen functional groups attached to an aromatic ring is 1. The molecule has 1 aliphatic carbocycles. The second-order valence-electron chi connectivity index (χ2n) is 8.09. The molecule has 1 fully saturated rings. The lowest BCUT2D eigenvalue weighted by Crippen LogP contribution is -2.15. The summed E-state index contributed by atoms with van der Waals surface area (Å²) in [4.78, 5) is 11.3. The van der Waals surface area contributed by atoms with Crippen molar-refractivity contribution >= 4 is 22.4 Å². The number of carboxylic acid groups (broad SMARTS) is 1. The van der Waals surface area contributed by atoms with Crippen LogP contribution in [0.4, 0.5) is 5.69 Å². The van der Waals surface area contributed by atoms with Crippen LogP contribution in [0.3, 0.4) is 0 Å². The van der Waals surface area contributed by atoms with Crippen LogP contribution in [0.15, 0.2) is 54.6 Å². The summed E-state index contributed by atoms with van der Waals surface area (Å²) in [6.07, 6.45) is 5.10. The van der Waals surface area contributed by atoms with E-state index < -0.39 is 11.9 Å². The topological polar surface area (TPSA) is 72.5 Å². The number of anilines is 1. The number of benzene rings is 3. The van der Waals surface area contributed by atoms with Gasteiger partial charge in [0.2, 0.25) is 0 Å². The number of hydrogen-bond acceptors (Lipinski definition) is 3. The van der Waals surface area contributed by atoms with Crippen LogP contribution in [0.25, 0.3) is 21.9 Å². The van der Waals surface area contributed by atoms with Gasteiger partial charge in [-0.3, -0.25) is 4.79 Å². The van der Waals surface area contributed by atoms with Crippen LogP contribution in [-0.4, -0.2) is 17.2 Å². The van der Waals surface area contributed by atoms with Crippen molar-refractivity contribution in [1.82, 2.24) is 0 Å². The normalized spacial score (nSPS) is 15.5. The molecule has 4 rings (SSSR count). The second kappa shape index (κ2) is 8.16. The first-order valence-corrected chi connectivity index (χ1v) is 10.3. The Hall–Kier alpha value is -3.01. The minimum Gasteiger partial charge on any atom is -0.488 e. The van der Waals surface area contributed by atoms with Crippen LogP contribution >= 0.6 is 0 Å². The minimum absolute atomic E-state index is 0.195. The Morgan fingerprint density at radius 2 is 1.83 bits per heavy atom. The van der Waals surface area contributed by atoms with Gasteiger partial charge in [-0.15, -0.1) is 0 Å². The average Bonchev–Trinajstić information content (AvgIpc) is 3.22. The molecule has 0 heterocycles. The van der Waals surface area contributed by atoms with Gasteiger partial charge in [-0.25, -0.2) is 0 Å². The molecule has 0 bridgehead atoms. The number of carboxylic acids is 1. The van der Waals surface area contributed by atoms with Crippen LogP contribution in [0, 0.1) is 5.92 Å². The van der Waals surface area contributed by atoms with Crippen molar-refractivity contribution in [2.75, 3.05) is 5.73 Å². The van der Waals surface area contributed by atoms with E-state index >= 15 is 0 Å². The first-order chi connectivity index (χ1) is 14.0. The average molecular weight is 389 g/mol. The third-order valence-electron chi connectivity index (χ3n) is 5.79. The molecule has 3 aromatic rings. The Morgan fingerprint density at radius 3 is 2.55 bits per heavy atom. The molecule has 29 heavy (non-hydrogen) atoms. The molecule has 0 amide bonds. The predicted molar refractivity (Wildman–Crippen MR) is 117 cm³/mol. The van der Waals surface area contributed by atoms with Crippen molar-refractivity contribution in [3.63, 3.8) is 0 Å². The van der Waals surface area contributed by atoms with Crippen LogP contribution in [0.2, 0.25) is 0 Å². The van der Waals surface area contributed by atoms with E-state index in [0.29, 0.717) is 12.1 Å². The lowest BCUT2D eigenvalue weighted by atomic mass is 9.94. The van der Waals surface area contributed by atoms with E-state index in [0.717, 1.165) is 40.7 Å². The summed E-state index contributed by atoms with van der Waals surface area (Å²) >= 11 is 0. The van der Waals surface area contributed by atoms with Crippen LogP contribution in [-0.2, 0) is 11.2 Å². The zero-order chi connectivity index (χ0) is 20.4. The molecule has 0 spiro atoms. The third kappa shape index (κ3) is 4.21. The maximum Gasteiger partial charge on any atom is 0.306 e. The van der Waals surface area contributed by atoms with E-state index in [9.17, 15) is 9.90 Å². The highest BCUT2D eigenvalue weighted by Gasteiger charge is 2.22. The summed E-state index contributed by atoms with van der Waals surface area (Å²) in [6.45, 7) is 1.72. The van der Waals surface area contributed by atoms with Gasteiger partial charge in [-0.05, 0) is 72.2 Å². The molecule has 3 N–H and O–H groups in total. The Balaban J connectivity index is 1.79. The summed E-state index contributed by atoms with van der Waals surface area (Å²) in [5.74, 6) is -0.554. The highest BCUT2D eigenvalue weighted by Crippen LogP contribution is 2.40. The van der Waals surface area contributed by atoms with E-state index in [2.05, 4.69) is 30.3 Å². The van der Waals surface area contributed by atoms with E-state index in [1.807, 2.05) is 24.3 Å². The van der Waals surface area contributed by atoms with E-state index in [1.165, 1.54) is 18.2 Å². The SMILES string of the molecule is CC(Cc1cc(N)c(OC2CCCC2)c(-c2ccc3ccccc3c2)c1)C(=O)O. The molecular formula is C25H27NO3. The van der Waals surface area contributed by atoms with E-state index in [1.54, 1.807) is 6.92 Å². The fourth-order valence-corrected chi connectivity index (χ4v) is 4.15. The van der Waals surface area contributed by atoms with Gasteiger partial charge < -0.3 is 15.6 Å². The summed E-state index contributed by atoms with van der Waals surface area (Å²) < 4.78 is 6.37. The molecule has 3 aromatic carbocycles. The van der Waals surface area contributed by atoms with Crippen molar-refractivity contribution in [2.24, 2.45) is 5.92 Å². The highest BCUT2D eigenvalue weighted by molar-refractivity contribution is 5.89. The van der Waals surface area contributed by atoms with Gasteiger partial charge in [-0.2, -0.15) is 0 Å². The number of hydrogen-bond donors (Lipinski definition) is 2. The van der Waals surface area contributed by atoms with Gasteiger partial charge >= 0.3 is 5.97 Å². The summed E-state index contributed by atoms with van der Waals surface area (Å²) in [5, 5.41) is 11.6. The molecule has 150 valence electrons. The Bertz CT molecular complexity index is 1040. The minimum atomic E-state index is -0.804. The number of carbonyl (C=O) groups is 1. The molecule has 1 saturated carbocycles. The van der Waals surface area contributed by atoms with Gasteiger partial charge in [0.25, 0.3) is 0 Å². The number of aliphatic carboxylic acids is 1. The standard InChI is InChI=1S/C25H27NO3/c1-16(25(27)28)12-17-13-22(20-11-10-18-6-2-3-7-19(18)15-20)24(23(26)14-17)29-21-8-4-5-9-21/h2-3,6-7,10-11,13-16,21H,4-5,8-9,12,26H2,1H3,(H,27,28). The molecule has 4 nitrogen and oxygen atoms in total. The first-order valence-electron chi connectivity index (χ1n) is 10.3. The Labute approximate surface area is 171 Å². The smallest absolute Gasteiger partial charge is 0.306 e. The van der Waals surface area contributed by atoms with Crippen molar-refractivity contribution in [2.45, 2.75) is 45.1 Å². The zero-order valence-electron chi connectivity index (χ0n) is 16.7. The predicted octanol–water partition coefficient (Wildman–Crippen LogP) is 5.67. The molecule has 0 aromatic heterocycles. The molecule has 1 unspecified atom stereocenters. The Kier molecular flexibility index (Phi) is 5.43. The van der Waals surface area contributed by atoms with Crippen molar-refractivity contribution in [3.8, 4) is 16.9 Å². The molecule has 0 aliphatic heterocycles. The highest BCUT2D eigenvalue weighted by atomic mass is 16.5. The van der Waals surface area contributed by atoms with Crippen LogP contribution < -0.4 is 10.5 Å². The first kappa shape index (κ1) is 19.3. The summed E-state index contributed by atoms with van der Waals surface area (Å²) in [6, 6.07) is 18.5. The quantitative estimate of drug-likeness (QED) is 0.533. The second-order valence-corrected chi connectivity index (χ2v) is 8.09. The van der Waals surface area contributed by atoms with Gasteiger partial charge in [0.15, 0.2) is 0 Å². The van der Waals surface area contributed by atoms with Crippen molar-refractivity contribution < 1.29 is 14.6 Å². The number of nitrogens with two attached hydrogens (primary N) is 1. The van der Waals surface area contributed by atoms with E-state index in [-0.39, 0.29) is 6.10 Å². The fourth-order valence-electron chi connectivity index (χ4n) is 4.15. The maximum atomic E-state index is 11.3. The van der Waals surface area contributed by atoms with Crippen LogP contribution in [0.1, 0.15) is 38.2 Å². The lowest BCUT2D eigenvalue weighted by Gasteiger charge is -2.20. The number of ether oxygens (including phenoxy) is 1. The van der Waals surface area contributed by atoms with Gasteiger partial charge in [0, 0.05) is 5.56 Å². The molecule has 1 atom stereocenters. The van der Waals surface area contributed by atoms with Gasteiger partial charge in [0.1, 0.15) is 5.75 Å². The maximum absolute atomic E-state index is 11.3. The molecule has 0 saturated heterocycles. The molecular weight excluding hydrogens is 362 g/mol. The van der Waals surface area contributed by atoms with E-state index in [4.69, 9.17) is 10.5 Å². The lowest BCUT2D eigenvalue weighted by molar-refractivity contribution is -0.141. The summed E-state index contributed by atoms with van der Waals surface area (Å²) in [5.41, 5.74) is 9.90. The van der Waals surface area contributed by atoms with Gasteiger partial charge in [0.05, 0.1) is 17.7 Å². The molecule has 1 aliphatic rings. The van der Waals surface area contributed by atoms with Gasteiger partial charge in [-0.1, -0.05) is 43.3 Å². The summed E-state index contributed by atoms with van der Waals surface area (Å²) in [7, 11) is 0. The molecule has 0 radical (unpaired) electrons. The van der Waals surface area contributed by atoms with Crippen molar-refractivity contribution in [3.05, 3.63) is 60.2 Å². The largest absolute Gasteiger partial charge is 0.488 e. The third-order valence-corrected chi connectivity index (χ3v) is 5.79. The molecule has 4 heteroatoms. The zero-order valence-corrected chi connectivity index (χ0v) is 16.7. The fraction of sp³-hybridized carbons (Fsp3) is 0.320. The Morgan fingerprint density at radius 1 is 1.10 bits per heavy atom. The monoisotopic (exact) mass is 389 g/mol. The number of rotatable bonds is 6.